The minimum absolute atomic E-state index is 0.0158. The van der Waals surface area contributed by atoms with Crippen LogP contribution in [-0.2, 0) is 9.47 Å². The second-order valence-corrected chi connectivity index (χ2v) is 12.4. The van der Waals surface area contributed by atoms with Crippen molar-refractivity contribution in [2.75, 3.05) is 26.2 Å². The third-order valence-electron chi connectivity index (χ3n) is 7.97. The monoisotopic (exact) mass is 551 g/mol. The Hall–Kier alpha value is -2.55. The second-order valence-electron chi connectivity index (χ2n) is 12.4. The van der Waals surface area contributed by atoms with Gasteiger partial charge in [0.2, 0.25) is 0 Å². The van der Waals surface area contributed by atoms with E-state index >= 15 is 0 Å². The van der Waals surface area contributed by atoms with Gasteiger partial charge < -0.3 is 20.1 Å². The number of likely N-dealkylation sites (tertiary alicyclic amines) is 1. The fourth-order valence-corrected chi connectivity index (χ4v) is 6.01. The molecule has 1 amide bonds. The molecule has 8 heteroatoms. The van der Waals surface area contributed by atoms with Crippen LogP contribution in [0.15, 0.2) is 36.7 Å². The fraction of sp³-hybridized carbons (Fsp3) is 0.656. The predicted octanol–water partition coefficient (Wildman–Crippen LogP) is 5.80. The largest absolute Gasteiger partial charge is 0.444 e. The van der Waals surface area contributed by atoms with Crippen molar-refractivity contribution in [3.05, 3.63) is 59.2 Å². The molecule has 40 heavy (non-hydrogen) atoms. The number of nitrogens with one attached hydrogen (secondary N) is 2. The lowest BCUT2D eigenvalue weighted by molar-refractivity contribution is -0.00701. The number of nitrogens with zero attached hydrogens (tertiary/aromatic N) is 3. The first-order chi connectivity index (χ1) is 19.2. The Balaban J connectivity index is 1.23. The van der Waals surface area contributed by atoms with Crippen LogP contribution in [0.2, 0.25) is 0 Å². The minimum atomic E-state index is -0.489. The molecule has 2 saturated heterocycles. The van der Waals surface area contributed by atoms with Gasteiger partial charge in [0.05, 0.1) is 42.2 Å². The Morgan fingerprint density at radius 3 is 2.20 bits per heavy atom. The standard InChI is InChI=1S/C32H49N5O3/c1-23-11-9-18-34-29(23)27-13-8-14-28(30-24(2)12-10-19-35-30)37(27)20-7-6-17-33-21-26-16-15-25(22-39-26)36-31(38)40-32(3,4)5/h9-12,18-19,25-28,33H,6-8,13-17,20-22H2,1-5H3,(H,36,38)/t25-,26?,27-,28+/m1/s1. The van der Waals surface area contributed by atoms with Gasteiger partial charge >= 0.3 is 6.09 Å². The minimum Gasteiger partial charge on any atom is -0.444 e. The van der Waals surface area contributed by atoms with E-state index in [9.17, 15) is 4.79 Å². The molecule has 4 heterocycles. The highest BCUT2D eigenvalue weighted by Gasteiger charge is 2.35. The fourth-order valence-electron chi connectivity index (χ4n) is 6.01. The van der Waals surface area contributed by atoms with Gasteiger partial charge in [-0.25, -0.2) is 4.79 Å². The SMILES string of the molecule is Cc1cccnc1[C@H]1CCC[C@@H](c2ncccc2C)N1CCCCNCC1CC[C@@H](NC(=O)OC(C)(C)C)CO1. The lowest BCUT2D eigenvalue weighted by Gasteiger charge is -2.42. The molecule has 2 aliphatic rings. The number of rotatable bonds is 10. The second kappa shape index (κ2) is 14.4. The number of alkyl carbamates (subject to hydrolysis) is 1. The van der Waals surface area contributed by atoms with Gasteiger partial charge in [0.15, 0.2) is 0 Å². The van der Waals surface area contributed by atoms with Gasteiger partial charge in [-0.15, -0.1) is 0 Å². The molecule has 8 nitrogen and oxygen atoms in total. The molecule has 2 aromatic heterocycles. The zero-order valence-corrected chi connectivity index (χ0v) is 25.1. The Morgan fingerprint density at radius 1 is 1.00 bits per heavy atom. The van der Waals surface area contributed by atoms with Crippen LogP contribution in [0.5, 0.6) is 0 Å². The summed E-state index contributed by atoms with van der Waals surface area (Å²) in [7, 11) is 0. The van der Waals surface area contributed by atoms with Crippen LogP contribution >= 0.6 is 0 Å². The average Bonchev–Trinajstić information content (AvgIpc) is 2.91. The van der Waals surface area contributed by atoms with Crippen molar-refractivity contribution in [3.8, 4) is 0 Å². The number of carbonyl (C=O) groups is 1. The third-order valence-corrected chi connectivity index (χ3v) is 7.97. The number of unbranched alkanes of at least 4 members (excludes halogenated alkanes) is 1. The summed E-state index contributed by atoms with van der Waals surface area (Å²) in [5.74, 6) is 0. The third kappa shape index (κ3) is 8.72. The first-order valence-electron chi connectivity index (χ1n) is 15.1. The predicted molar refractivity (Wildman–Crippen MR) is 158 cm³/mol. The van der Waals surface area contributed by atoms with E-state index in [1.165, 1.54) is 28.9 Å². The van der Waals surface area contributed by atoms with E-state index in [1.54, 1.807) is 0 Å². The molecule has 220 valence electrons. The van der Waals surface area contributed by atoms with E-state index in [0.29, 0.717) is 18.7 Å². The van der Waals surface area contributed by atoms with Gasteiger partial charge in [0, 0.05) is 18.9 Å². The topological polar surface area (TPSA) is 88.6 Å². The Labute approximate surface area is 240 Å². The maximum absolute atomic E-state index is 12.0. The van der Waals surface area contributed by atoms with E-state index in [2.05, 4.69) is 41.5 Å². The first-order valence-corrected chi connectivity index (χ1v) is 15.1. The molecule has 2 aromatic rings. The number of aromatic nitrogens is 2. The van der Waals surface area contributed by atoms with Gasteiger partial charge in [0.25, 0.3) is 0 Å². The van der Waals surface area contributed by atoms with E-state index in [0.717, 1.165) is 58.2 Å². The number of amides is 1. The quantitative estimate of drug-likeness (QED) is 0.361. The number of hydrogen-bond acceptors (Lipinski definition) is 7. The highest BCUT2D eigenvalue weighted by molar-refractivity contribution is 5.68. The average molecular weight is 552 g/mol. The van der Waals surface area contributed by atoms with Crippen LogP contribution in [0.1, 0.15) is 100 Å². The molecule has 2 N–H and O–H groups in total. The van der Waals surface area contributed by atoms with Crippen molar-refractivity contribution >= 4 is 6.09 Å². The molecule has 2 fully saturated rings. The number of carbonyl (C=O) groups excluding carboxylic acids is 1. The van der Waals surface area contributed by atoms with Crippen LogP contribution in [0, 0.1) is 13.8 Å². The van der Waals surface area contributed by atoms with Crippen LogP contribution in [-0.4, -0.2) is 64.9 Å². The molecular weight excluding hydrogens is 502 g/mol. The summed E-state index contributed by atoms with van der Waals surface area (Å²) < 4.78 is 11.4. The Morgan fingerprint density at radius 2 is 1.65 bits per heavy atom. The molecule has 1 unspecified atom stereocenters. The Kier molecular flexibility index (Phi) is 10.9. The van der Waals surface area contributed by atoms with Crippen LogP contribution in [0.3, 0.4) is 0 Å². The summed E-state index contributed by atoms with van der Waals surface area (Å²) >= 11 is 0. The van der Waals surface area contributed by atoms with Gasteiger partial charge in [-0.2, -0.15) is 0 Å². The molecule has 0 aromatic carbocycles. The van der Waals surface area contributed by atoms with Crippen molar-refractivity contribution in [2.45, 2.75) is 109 Å². The summed E-state index contributed by atoms with van der Waals surface area (Å²) in [5.41, 5.74) is 4.49. The van der Waals surface area contributed by atoms with Crippen LogP contribution in [0.25, 0.3) is 0 Å². The van der Waals surface area contributed by atoms with E-state index in [1.807, 2.05) is 45.3 Å². The molecule has 4 atom stereocenters. The number of hydrogen-bond donors (Lipinski definition) is 2. The number of aryl methyl sites for hydroxylation is 2. The zero-order valence-electron chi connectivity index (χ0n) is 25.1. The van der Waals surface area contributed by atoms with Crippen molar-refractivity contribution in [2.24, 2.45) is 0 Å². The smallest absolute Gasteiger partial charge is 0.407 e. The lowest BCUT2D eigenvalue weighted by atomic mass is 9.88. The normalized spacial score (nSPS) is 24.0. The molecule has 0 bridgehead atoms. The van der Waals surface area contributed by atoms with Crippen LogP contribution in [0.4, 0.5) is 4.79 Å². The highest BCUT2D eigenvalue weighted by Crippen LogP contribution is 2.42. The summed E-state index contributed by atoms with van der Waals surface area (Å²) in [6.07, 6.45) is 11.2. The summed E-state index contributed by atoms with van der Waals surface area (Å²) in [6.45, 7) is 13.4. The maximum atomic E-state index is 12.0. The highest BCUT2D eigenvalue weighted by atomic mass is 16.6. The van der Waals surface area contributed by atoms with E-state index in [4.69, 9.17) is 19.4 Å². The lowest BCUT2D eigenvalue weighted by Crippen LogP contribution is -2.46. The first kappa shape index (κ1) is 30.4. The summed E-state index contributed by atoms with van der Waals surface area (Å²) in [5, 5.41) is 6.53. The molecule has 0 spiro atoms. The van der Waals surface area contributed by atoms with Crippen molar-refractivity contribution in [3.63, 3.8) is 0 Å². The number of piperidine rings is 1. The van der Waals surface area contributed by atoms with Crippen LogP contribution < -0.4 is 10.6 Å². The van der Waals surface area contributed by atoms with E-state index < -0.39 is 5.60 Å². The molecule has 0 saturated carbocycles. The summed E-state index contributed by atoms with van der Waals surface area (Å²) in [4.78, 5) is 24.4. The zero-order chi connectivity index (χ0) is 28.5. The van der Waals surface area contributed by atoms with Gasteiger partial charge in [-0.05, 0) is 116 Å². The van der Waals surface area contributed by atoms with Crippen molar-refractivity contribution in [1.29, 1.82) is 0 Å². The van der Waals surface area contributed by atoms with Crippen molar-refractivity contribution in [1.82, 2.24) is 25.5 Å². The number of pyridine rings is 2. The maximum Gasteiger partial charge on any atom is 0.407 e. The Bertz CT molecular complexity index is 1030. The molecular formula is C32H49N5O3. The number of ether oxygens (including phenoxy) is 2. The van der Waals surface area contributed by atoms with Crippen molar-refractivity contribution < 1.29 is 14.3 Å². The summed E-state index contributed by atoms with van der Waals surface area (Å²) in [6, 6.07) is 9.10. The molecule has 2 aliphatic heterocycles. The van der Waals surface area contributed by atoms with Gasteiger partial charge in [-0.3, -0.25) is 14.9 Å². The van der Waals surface area contributed by atoms with Gasteiger partial charge in [-0.1, -0.05) is 12.1 Å². The van der Waals surface area contributed by atoms with E-state index in [-0.39, 0.29) is 18.2 Å². The van der Waals surface area contributed by atoms with Gasteiger partial charge in [0.1, 0.15) is 5.60 Å². The molecule has 4 rings (SSSR count). The molecule has 0 radical (unpaired) electrons. The molecule has 0 aliphatic carbocycles.